The Balaban J connectivity index is 3.23. The van der Waals surface area contributed by atoms with Crippen molar-refractivity contribution in [2.75, 3.05) is 6.54 Å². The van der Waals surface area contributed by atoms with Gasteiger partial charge >= 0.3 is 0 Å². The summed E-state index contributed by atoms with van der Waals surface area (Å²) in [7, 11) is -4.15. The minimum Gasteiger partial charge on any atom is -0.407 e. The molecule has 0 spiro atoms. The zero-order chi connectivity index (χ0) is 20.4. The molecule has 0 unspecified atom stereocenters. The molecule has 1 N–H and O–H groups in total. The predicted octanol–water partition coefficient (Wildman–Crippen LogP) is 5.23. The lowest BCUT2D eigenvalue weighted by Gasteiger charge is -2.43. The summed E-state index contributed by atoms with van der Waals surface area (Å²) in [6.45, 7) is 22.8. The molecule has 0 bridgehead atoms. The van der Waals surface area contributed by atoms with Crippen LogP contribution in [0.3, 0.4) is 0 Å². The van der Waals surface area contributed by atoms with E-state index in [0.717, 1.165) is 12.8 Å². The molecule has 0 aliphatic carbocycles. The third-order valence-corrected chi connectivity index (χ3v) is 15.1. The van der Waals surface area contributed by atoms with E-state index in [-0.39, 0.29) is 22.1 Å². The molecule has 0 saturated heterocycles. The third-order valence-electron chi connectivity index (χ3n) is 6.19. The molecule has 0 fully saturated rings. The molecule has 0 aromatic carbocycles. The fourth-order valence-electron chi connectivity index (χ4n) is 2.25. The van der Waals surface area contributed by atoms with Crippen molar-refractivity contribution in [3.05, 3.63) is 12.2 Å². The second-order valence-corrected chi connectivity index (χ2v) is 20.0. The SMILES string of the molecule is CC(C)(C)[Si](C)(C)O[C@H]1/C=C/CCCNC(=O)[C@H]1O[Si](C)(C)C(C)(C)C. The Morgan fingerprint density at radius 1 is 0.962 bits per heavy atom. The van der Waals surface area contributed by atoms with Gasteiger partial charge in [-0.05, 0) is 49.1 Å². The van der Waals surface area contributed by atoms with Crippen molar-refractivity contribution in [2.45, 2.75) is 103 Å². The van der Waals surface area contributed by atoms with Gasteiger partial charge in [0.1, 0.15) is 0 Å². The fourth-order valence-corrected chi connectivity index (χ4v) is 4.71. The van der Waals surface area contributed by atoms with Crippen LogP contribution < -0.4 is 5.32 Å². The number of nitrogens with one attached hydrogen (secondary N) is 1. The first-order valence-corrected chi connectivity index (χ1v) is 15.7. The van der Waals surface area contributed by atoms with Gasteiger partial charge in [0.05, 0.1) is 6.10 Å². The van der Waals surface area contributed by atoms with Crippen molar-refractivity contribution in [1.29, 1.82) is 0 Å². The molecule has 1 aliphatic rings. The van der Waals surface area contributed by atoms with Crippen LogP contribution in [0.2, 0.25) is 36.3 Å². The van der Waals surface area contributed by atoms with E-state index in [1.165, 1.54) is 0 Å². The largest absolute Gasteiger partial charge is 0.407 e. The zero-order valence-corrected chi connectivity index (χ0v) is 20.7. The number of carbonyl (C=O) groups is 1. The maximum atomic E-state index is 13.0. The fraction of sp³-hybridized carbons (Fsp3) is 0.850. The Hall–Kier alpha value is -0.436. The van der Waals surface area contributed by atoms with Crippen molar-refractivity contribution in [3.8, 4) is 0 Å². The molecule has 6 heteroatoms. The Morgan fingerprint density at radius 3 is 1.96 bits per heavy atom. The molecule has 1 aliphatic heterocycles. The highest BCUT2D eigenvalue weighted by molar-refractivity contribution is 6.74. The third kappa shape index (κ3) is 6.04. The van der Waals surface area contributed by atoms with Crippen LogP contribution in [0.5, 0.6) is 0 Å². The molecule has 26 heavy (non-hydrogen) atoms. The van der Waals surface area contributed by atoms with Gasteiger partial charge in [0.15, 0.2) is 22.7 Å². The summed E-state index contributed by atoms with van der Waals surface area (Å²) in [4.78, 5) is 13.0. The van der Waals surface area contributed by atoms with E-state index in [1.807, 2.05) is 0 Å². The predicted molar refractivity (Wildman–Crippen MR) is 116 cm³/mol. The van der Waals surface area contributed by atoms with E-state index < -0.39 is 22.7 Å². The maximum absolute atomic E-state index is 13.0. The summed E-state index contributed by atoms with van der Waals surface area (Å²) in [5, 5.41) is 3.18. The van der Waals surface area contributed by atoms with Gasteiger partial charge in [-0.15, -0.1) is 0 Å². The topological polar surface area (TPSA) is 47.6 Å². The Kier molecular flexibility index (Phi) is 7.52. The van der Waals surface area contributed by atoms with Gasteiger partial charge in [-0.3, -0.25) is 4.79 Å². The van der Waals surface area contributed by atoms with E-state index >= 15 is 0 Å². The summed E-state index contributed by atoms with van der Waals surface area (Å²) in [5.74, 6) is -0.0370. The second-order valence-electron chi connectivity index (χ2n) is 10.5. The second kappa shape index (κ2) is 8.29. The van der Waals surface area contributed by atoms with Gasteiger partial charge in [-0.25, -0.2) is 0 Å². The highest BCUT2D eigenvalue weighted by Gasteiger charge is 2.46. The summed E-state index contributed by atoms with van der Waals surface area (Å²) in [6, 6.07) is 0. The zero-order valence-electron chi connectivity index (χ0n) is 18.7. The van der Waals surface area contributed by atoms with E-state index in [2.05, 4.69) is 85.2 Å². The highest BCUT2D eigenvalue weighted by atomic mass is 28.4. The molecule has 0 saturated carbocycles. The van der Waals surface area contributed by atoms with Crippen LogP contribution in [-0.4, -0.2) is 41.3 Å². The van der Waals surface area contributed by atoms with Crippen LogP contribution in [0.1, 0.15) is 54.4 Å². The molecule has 0 radical (unpaired) electrons. The minimum atomic E-state index is -2.11. The van der Waals surface area contributed by atoms with E-state index in [1.54, 1.807) is 0 Å². The average Bonchev–Trinajstić information content (AvgIpc) is 2.50. The summed E-state index contributed by atoms with van der Waals surface area (Å²) >= 11 is 0. The van der Waals surface area contributed by atoms with Gasteiger partial charge in [-0.2, -0.15) is 0 Å². The van der Waals surface area contributed by atoms with Crippen LogP contribution >= 0.6 is 0 Å². The minimum absolute atomic E-state index is 0.0370. The first kappa shape index (κ1) is 23.6. The molecular weight excluding hydrogens is 358 g/mol. The van der Waals surface area contributed by atoms with Crippen molar-refractivity contribution in [1.82, 2.24) is 5.32 Å². The lowest BCUT2D eigenvalue weighted by atomic mass is 10.2. The van der Waals surface area contributed by atoms with Crippen LogP contribution in [-0.2, 0) is 13.6 Å². The maximum Gasteiger partial charge on any atom is 0.250 e. The van der Waals surface area contributed by atoms with E-state index in [9.17, 15) is 4.79 Å². The van der Waals surface area contributed by atoms with Gasteiger partial charge < -0.3 is 14.2 Å². The monoisotopic (exact) mass is 399 g/mol. The molecule has 0 aromatic heterocycles. The highest BCUT2D eigenvalue weighted by Crippen LogP contribution is 2.40. The van der Waals surface area contributed by atoms with Crippen molar-refractivity contribution in [3.63, 3.8) is 0 Å². The van der Waals surface area contributed by atoms with Gasteiger partial charge in [0.25, 0.3) is 5.91 Å². The quantitative estimate of drug-likeness (QED) is 0.520. The molecule has 2 atom stereocenters. The normalized spacial score (nSPS) is 25.1. The van der Waals surface area contributed by atoms with E-state index in [0.29, 0.717) is 6.54 Å². The average molecular weight is 400 g/mol. The first-order valence-electron chi connectivity index (χ1n) is 9.88. The van der Waals surface area contributed by atoms with Gasteiger partial charge in [0.2, 0.25) is 0 Å². The molecule has 0 aromatic rings. The molecule has 4 nitrogen and oxygen atoms in total. The van der Waals surface area contributed by atoms with Crippen molar-refractivity contribution < 1.29 is 13.6 Å². The van der Waals surface area contributed by atoms with Crippen LogP contribution in [0, 0.1) is 0 Å². The lowest BCUT2D eigenvalue weighted by molar-refractivity contribution is -0.131. The molecule has 1 rings (SSSR count). The molecule has 152 valence electrons. The molecular formula is C20H41NO3Si2. The van der Waals surface area contributed by atoms with Gasteiger partial charge in [0, 0.05) is 6.54 Å². The number of allylic oxidation sites excluding steroid dienone is 1. The summed E-state index contributed by atoms with van der Waals surface area (Å²) < 4.78 is 13.3. The summed E-state index contributed by atoms with van der Waals surface area (Å²) in [5.41, 5.74) is 0. The molecule has 1 amide bonds. The van der Waals surface area contributed by atoms with Crippen LogP contribution in [0.25, 0.3) is 0 Å². The first-order chi connectivity index (χ1) is 11.6. The Morgan fingerprint density at radius 2 is 1.46 bits per heavy atom. The van der Waals surface area contributed by atoms with Crippen molar-refractivity contribution in [2.24, 2.45) is 0 Å². The smallest absolute Gasteiger partial charge is 0.250 e. The Bertz CT molecular complexity index is 516. The number of amides is 1. The van der Waals surface area contributed by atoms with E-state index in [4.69, 9.17) is 8.85 Å². The lowest BCUT2D eigenvalue weighted by Crippen LogP contribution is -2.56. The number of rotatable bonds is 4. The number of hydrogen-bond donors (Lipinski definition) is 1. The standard InChI is InChI=1S/C20H41NO3Si2/c1-19(2,3)25(7,8)23-16-14-12-11-13-15-21-18(22)17(16)24-26(9,10)20(4,5)6/h12,14,16-17H,11,13,15H2,1-10H3,(H,21,22)/b14-12+/t16-,17-/m0/s1. The van der Waals surface area contributed by atoms with Gasteiger partial charge in [-0.1, -0.05) is 53.7 Å². The summed E-state index contributed by atoms with van der Waals surface area (Å²) in [6.07, 6.45) is 5.21. The number of hydrogen-bond acceptors (Lipinski definition) is 3. The number of carbonyl (C=O) groups excluding carboxylic acids is 1. The van der Waals surface area contributed by atoms with Crippen molar-refractivity contribution >= 4 is 22.5 Å². The van der Waals surface area contributed by atoms with Crippen LogP contribution in [0.4, 0.5) is 0 Å². The Labute approximate surface area is 163 Å². The van der Waals surface area contributed by atoms with Crippen LogP contribution in [0.15, 0.2) is 12.2 Å². The molecule has 1 heterocycles.